The van der Waals surface area contributed by atoms with Crippen molar-refractivity contribution in [2.45, 2.75) is 57.4 Å². The lowest BCUT2D eigenvalue weighted by atomic mass is 10.0. The third-order valence-corrected chi connectivity index (χ3v) is 3.72. The molecule has 3 nitrogen and oxygen atoms in total. The first-order chi connectivity index (χ1) is 8.33. The van der Waals surface area contributed by atoms with Gasteiger partial charge in [-0.05, 0) is 58.8 Å². The van der Waals surface area contributed by atoms with E-state index in [-0.39, 0.29) is 0 Å². The second-order valence-corrected chi connectivity index (χ2v) is 5.38. The van der Waals surface area contributed by atoms with Gasteiger partial charge in [-0.1, -0.05) is 19.3 Å². The van der Waals surface area contributed by atoms with Crippen molar-refractivity contribution >= 4 is 0 Å². The Labute approximate surface area is 107 Å². The summed E-state index contributed by atoms with van der Waals surface area (Å²) in [5, 5.41) is 12.3. The van der Waals surface area contributed by atoms with Crippen LogP contribution < -0.4 is 5.32 Å². The summed E-state index contributed by atoms with van der Waals surface area (Å²) in [6, 6.07) is 0.764. The number of nitrogens with one attached hydrogen (secondary N) is 1. The number of piperidine rings is 1. The Morgan fingerprint density at radius 3 is 2.65 bits per heavy atom. The van der Waals surface area contributed by atoms with Crippen LogP contribution >= 0.6 is 0 Å². The van der Waals surface area contributed by atoms with Crippen molar-refractivity contribution in [3.8, 4) is 0 Å². The molecule has 2 N–H and O–H groups in total. The maximum atomic E-state index is 8.69. The van der Waals surface area contributed by atoms with E-state index in [1.807, 2.05) is 0 Å². The van der Waals surface area contributed by atoms with Crippen molar-refractivity contribution in [3.63, 3.8) is 0 Å². The summed E-state index contributed by atoms with van der Waals surface area (Å²) in [5.74, 6) is 0. The highest BCUT2D eigenvalue weighted by Gasteiger charge is 2.12. The smallest absolute Gasteiger partial charge is 0.0431 e. The van der Waals surface area contributed by atoms with Gasteiger partial charge < -0.3 is 15.3 Å². The molecule has 102 valence electrons. The summed E-state index contributed by atoms with van der Waals surface area (Å²) < 4.78 is 0. The van der Waals surface area contributed by atoms with Gasteiger partial charge in [0.05, 0.1) is 0 Å². The van der Waals surface area contributed by atoms with Crippen molar-refractivity contribution in [1.29, 1.82) is 0 Å². The SMILES string of the molecule is CN(CCCCCCO)CCC1CCCCN1. The summed E-state index contributed by atoms with van der Waals surface area (Å²) in [4.78, 5) is 2.45. The maximum Gasteiger partial charge on any atom is 0.0431 e. The molecule has 3 heteroatoms. The zero-order valence-corrected chi connectivity index (χ0v) is 11.5. The lowest BCUT2D eigenvalue weighted by Gasteiger charge is -2.25. The van der Waals surface area contributed by atoms with Crippen molar-refractivity contribution in [2.75, 3.05) is 33.3 Å². The zero-order chi connectivity index (χ0) is 12.3. The summed E-state index contributed by atoms with van der Waals surface area (Å²) in [5.41, 5.74) is 0. The Hall–Kier alpha value is -0.120. The molecule has 1 rings (SSSR count). The van der Waals surface area contributed by atoms with Gasteiger partial charge in [-0.15, -0.1) is 0 Å². The van der Waals surface area contributed by atoms with Crippen LogP contribution in [0.1, 0.15) is 51.4 Å². The molecule has 0 aromatic rings. The van der Waals surface area contributed by atoms with E-state index in [0.717, 1.165) is 12.5 Å². The normalized spacial score (nSPS) is 21.0. The number of hydrogen-bond donors (Lipinski definition) is 2. The molecule has 0 saturated carbocycles. The first kappa shape index (κ1) is 14.9. The third-order valence-electron chi connectivity index (χ3n) is 3.72. The van der Waals surface area contributed by atoms with Gasteiger partial charge >= 0.3 is 0 Å². The van der Waals surface area contributed by atoms with Crippen LogP contribution in [-0.4, -0.2) is 49.3 Å². The minimum absolute atomic E-state index is 0.350. The van der Waals surface area contributed by atoms with Crippen LogP contribution in [0.5, 0.6) is 0 Å². The van der Waals surface area contributed by atoms with Gasteiger partial charge in [0.2, 0.25) is 0 Å². The number of aliphatic hydroxyl groups is 1. The molecule has 0 aromatic heterocycles. The predicted octanol–water partition coefficient (Wildman–Crippen LogP) is 2.00. The summed E-state index contributed by atoms with van der Waals surface area (Å²) in [6.45, 7) is 3.99. The van der Waals surface area contributed by atoms with E-state index >= 15 is 0 Å². The van der Waals surface area contributed by atoms with Crippen molar-refractivity contribution < 1.29 is 5.11 Å². The molecule has 1 fully saturated rings. The van der Waals surface area contributed by atoms with Crippen LogP contribution in [0.3, 0.4) is 0 Å². The number of unbranched alkanes of at least 4 members (excludes halogenated alkanes) is 3. The highest BCUT2D eigenvalue weighted by atomic mass is 16.2. The van der Waals surface area contributed by atoms with Crippen molar-refractivity contribution in [1.82, 2.24) is 10.2 Å². The standard InChI is InChI=1S/C14H30N2O/c1-16(11-6-2-3-7-13-17)12-9-14-8-4-5-10-15-14/h14-15,17H,2-13H2,1H3. The van der Waals surface area contributed by atoms with E-state index in [1.54, 1.807) is 0 Å². The van der Waals surface area contributed by atoms with Gasteiger partial charge in [0.1, 0.15) is 0 Å². The monoisotopic (exact) mass is 242 g/mol. The van der Waals surface area contributed by atoms with Gasteiger partial charge in [0.25, 0.3) is 0 Å². The zero-order valence-electron chi connectivity index (χ0n) is 11.5. The van der Waals surface area contributed by atoms with E-state index in [2.05, 4.69) is 17.3 Å². The molecule has 0 amide bonds. The first-order valence-corrected chi connectivity index (χ1v) is 7.35. The molecule has 1 heterocycles. The van der Waals surface area contributed by atoms with Crippen LogP contribution in [0.4, 0.5) is 0 Å². The van der Waals surface area contributed by atoms with E-state index in [9.17, 15) is 0 Å². The van der Waals surface area contributed by atoms with Gasteiger partial charge in [0, 0.05) is 12.6 Å². The Morgan fingerprint density at radius 1 is 1.12 bits per heavy atom. The van der Waals surface area contributed by atoms with Crippen LogP contribution in [0.2, 0.25) is 0 Å². The molecule has 1 aliphatic rings. The highest BCUT2D eigenvalue weighted by molar-refractivity contribution is 4.73. The molecule has 0 aliphatic carbocycles. The third kappa shape index (κ3) is 7.74. The number of nitrogens with zero attached hydrogens (tertiary/aromatic N) is 1. The first-order valence-electron chi connectivity index (χ1n) is 7.35. The van der Waals surface area contributed by atoms with Gasteiger partial charge in [-0.25, -0.2) is 0 Å². The molecule has 0 radical (unpaired) electrons. The second kappa shape index (κ2) is 9.86. The van der Waals surface area contributed by atoms with Crippen LogP contribution in [0.15, 0.2) is 0 Å². The fourth-order valence-corrected chi connectivity index (χ4v) is 2.51. The Balaban J connectivity index is 1.91. The minimum atomic E-state index is 0.350. The molecule has 1 saturated heterocycles. The van der Waals surface area contributed by atoms with E-state index in [0.29, 0.717) is 6.61 Å². The van der Waals surface area contributed by atoms with Crippen LogP contribution in [0.25, 0.3) is 0 Å². The van der Waals surface area contributed by atoms with Crippen molar-refractivity contribution in [3.05, 3.63) is 0 Å². The van der Waals surface area contributed by atoms with Crippen molar-refractivity contribution in [2.24, 2.45) is 0 Å². The quantitative estimate of drug-likeness (QED) is 0.607. The molecule has 0 spiro atoms. The Bertz CT molecular complexity index is 170. The largest absolute Gasteiger partial charge is 0.396 e. The van der Waals surface area contributed by atoms with Gasteiger partial charge in [-0.2, -0.15) is 0 Å². The summed E-state index contributed by atoms with van der Waals surface area (Å²) >= 11 is 0. The Kier molecular flexibility index (Phi) is 8.67. The molecule has 0 aromatic carbocycles. The van der Waals surface area contributed by atoms with Crippen LogP contribution in [-0.2, 0) is 0 Å². The van der Waals surface area contributed by atoms with Gasteiger partial charge in [-0.3, -0.25) is 0 Å². The molecule has 0 bridgehead atoms. The lowest BCUT2D eigenvalue weighted by molar-refractivity contribution is 0.270. The Morgan fingerprint density at radius 2 is 1.94 bits per heavy atom. The summed E-state index contributed by atoms with van der Waals surface area (Å²) in [6.07, 6.45) is 10.1. The molecule has 17 heavy (non-hydrogen) atoms. The van der Waals surface area contributed by atoms with E-state index < -0.39 is 0 Å². The fourth-order valence-electron chi connectivity index (χ4n) is 2.51. The second-order valence-electron chi connectivity index (χ2n) is 5.38. The van der Waals surface area contributed by atoms with Crippen LogP contribution in [0, 0.1) is 0 Å². The number of rotatable bonds is 9. The molecule has 1 atom stereocenters. The molecular weight excluding hydrogens is 212 g/mol. The summed E-state index contributed by atoms with van der Waals surface area (Å²) in [7, 11) is 2.23. The molecule has 1 unspecified atom stereocenters. The van der Waals surface area contributed by atoms with E-state index in [1.165, 1.54) is 64.6 Å². The fraction of sp³-hybridized carbons (Fsp3) is 1.00. The average Bonchev–Trinajstić information content (AvgIpc) is 2.37. The molecular formula is C14H30N2O. The average molecular weight is 242 g/mol. The number of hydrogen-bond acceptors (Lipinski definition) is 3. The predicted molar refractivity (Wildman–Crippen MR) is 73.3 cm³/mol. The lowest BCUT2D eigenvalue weighted by Crippen LogP contribution is -2.36. The topological polar surface area (TPSA) is 35.5 Å². The van der Waals surface area contributed by atoms with Gasteiger partial charge in [0.15, 0.2) is 0 Å². The highest BCUT2D eigenvalue weighted by Crippen LogP contribution is 2.10. The molecule has 1 aliphatic heterocycles. The number of aliphatic hydroxyl groups excluding tert-OH is 1. The van der Waals surface area contributed by atoms with E-state index in [4.69, 9.17) is 5.11 Å². The minimum Gasteiger partial charge on any atom is -0.396 e. The maximum absolute atomic E-state index is 8.69.